The molecule has 2 amide bonds. The Kier molecular flexibility index (Phi) is 6.04. The predicted molar refractivity (Wildman–Crippen MR) is 109 cm³/mol. The first-order chi connectivity index (χ1) is 13.0. The summed E-state index contributed by atoms with van der Waals surface area (Å²) in [7, 11) is 3.77. The zero-order chi connectivity index (χ0) is 19.4. The van der Waals surface area contributed by atoms with Gasteiger partial charge in [-0.3, -0.25) is 4.68 Å². The number of fused-ring (bicyclic) bond motifs is 1. The Morgan fingerprint density at radius 1 is 1.30 bits per heavy atom. The molecule has 0 bridgehead atoms. The van der Waals surface area contributed by atoms with E-state index < -0.39 is 0 Å². The maximum atomic E-state index is 12.4. The number of benzene rings is 1. The average molecular weight is 370 g/mol. The van der Waals surface area contributed by atoms with Crippen LogP contribution in [-0.2, 0) is 20.0 Å². The molecule has 0 aliphatic carbocycles. The lowest BCUT2D eigenvalue weighted by Gasteiger charge is -2.31. The second-order valence-corrected chi connectivity index (χ2v) is 7.43. The van der Waals surface area contributed by atoms with Crippen molar-refractivity contribution < 1.29 is 4.79 Å². The molecule has 0 atom stereocenters. The maximum absolute atomic E-state index is 12.4. The Labute approximate surface area is 162 Å². The summed E-state index contributed by atoms with van der Waals surface area (Å²) in [6.07, 6.45) is 3.32. The van der Waals surface area contributed by atoms with Gasteiger partial charge >= 0.3 is 6.03 Å². The maximum Gasteiger partial charge on any atom is 0.317 e. The summed E-state index contributed by atoms with van der Waals surface area (Å²) in [6, 6.07) is 8.62. The lowest BCUT2D eigenvalue weighted by atomic mass is 10.0. The van der Waals surface area contributed by atoms with Gasteiger partial charge in [-0.05, 0) is 44.7 Å². The van der Waals surface area contributed by atoms with Crippen LogP contribution in [0.15, 0.2) is 24.3 Å². The van der Waals surface area contributed by atoms with Crippen LogP contribution in [0.2, 0.25) is 0 Å². The number of para-hydroxylation sites is 1. The van der Waals surface area contributed by atoms with Gasteiger partial charge in [0.25, 0.3) is 0 Å². The first-order valence-corrected chi connectivity index (χ1v) is 9.78. The highest BCUT2D eigenvalue weighted by molar-refractivity contribution is 5.73. The first kappa shape index (κ1) is 19.3. The fourth-order valence-electron chi connectivity index (χ4n) is 3.80. The van der Waals surface area contributed by atoms with Crippen molar-refractivity contribution in [1.82, 2.24) is 20.0 Å². The van der Waals surface area contributed by atoms with E-state index in [1.807, 2.05) is 32.6 Å². The van der Waals surface area contributed by atoms with Gasteiger partial charge in [0.15, 0.2) is 0 Å². The number of urea groups is 1. The zero-order valence-corrected chi connectivity index (χ0v) is 17.0. The Balaban J connectivity index is 1.45. The molecule has 0 unspecified atom stereocenters. The van der Waals surface area contributed by atoms with Crippen LogP contribution in [0.4, 0.5) is 10.5 Å². The number of aromatic nitrogens is 2. The molecule has 1 aliphatic heterocycles. The number of nitrogens with one attached hydrogen (secondary N) is 1. The molecule has 1 aromatic heterocycles. The summed E-state index contributed by atoms with van der Waals surface area (Å²) in [6.45, 7) is 7.37. The molecule has 2 heterocycles. The summed E-state index contributed by atoms with van der Waals surface area (Å²) in [5.74, 6) is 0. The number of anilines is 1. The Hall–Kier alpha value is -2.50. The van der Waals surface area contributed by atoms with E-state index in [2.05, 4.69) is 39.6 Å². The number of amides is 2. The predicted octanol–water partition coefficient (Wildman–Crippen LogP) is 3.02. The molecule has 1 N–H and O–H groups in total. The lowest BCUT2D eigenvalue weighted by Crippen LogP contribution is -2.39. The number of carbonyl (C=O) groups excluding carboxylic acids is 1. The largest absolute Gasteiger partial charge is 0.371 e. The van der Waals surface area contributed by atoms with Gasteiger partial charge < -0.3 is 15.1 Å². The number of aryl methyl sites for hydroxylation is 3. The van der Waals surface area contributed by atoms with E-state index in [4.69, 9.17) is 0 Å². The summed E-state index contributed by atoms with van der Waals surface area (Å²) < 4.78 is 1.87. The molecule has 0 fully saturated rings. The SMILES string of the molecule is Cc1nn(C)c(C)c1CN(C)C(=O)NCCCN1CCCc2ccccc21. The minimum absolute atomic E-state index is 0.0308. The monoisotopic (exact) mass is 369 g/mol. The van der Waals surface area contributed by atoms with Gasteiger partial charge in [-0.1, -0.05) is 18.2 Å². The van der Waals surface area contributed by atoms with Gasteiger partial charge in [0.1, 0.15) is 0 Å². The van der Waals surface area contributed by atoms with E-state index in [-0.39, 0.29) is 6.03 Å². The number of hydrogen-bond acceptors (Lipinski definition) is 3. The van der Waals surface area contributed by atoms with Crippen molar-refractivity contribution in [3.63, 3.8) is 0 Å². The van der Waals surface area contributed by atoms with Crippen LogP contribution in [0.25, 0.3) is 0 Å². The molecule has 146 valence electrons. The lowest BCUT2D eigenvalue weighted by molar-refractivity contribution is 0.206. The minimum atomic E-state index is -0.0308. The third kappa shape index (κ3) is 4.43. The summed E-state index contributed by atoms with van der Waals surface area (Å²) in [4.78, 5) is 16.6. The van der Waals surface area contributed by atoms with Crippen molar-refractivity contribution >= 4 is 11.7 Å². The van der Waals surface area contributed by atoms with E-state index in [0.717, 1.165) is 36.5 Å². The molecule has 2 aromatic rings. The van der Waals surface area contributed by atoms with Crippen LogP contribution in [0.3, 0.4) is 0 Å². The highest BCUT2D eigenvalue weighted by Gasteiger charge is 2.17. The smallest absolute Gasteiger partial charge is 0.317 e. The highest BCUT2D eigenvalue weighted by atomic mass is 16.2. The van der Waals surface area contributed by atoms with E-state index in [9.17, 15) is 4.79 Å². The molecular formula is C21H31N5O. The fourth-order valence-corrected chi connectivity index (χ4v) is 3.80. The van der Waals surface area contributed by atoms with Crippen molar-refractivity contribution in [3.8, 4) is 0 Å². The number of hydrogen-bond donors (Lipinski definition) is 1. The highest BCUT2D eigenvalue weighted by Crippen LogP contribution is 2.26. The fraction of sp³-hybridized carbons (Fsp3) is 0.524. The van der Waals surface area contributed by atoms with Crippen molar-refractivity contribution in [2.45, 2.75) is 39.7 Å². The van der Waals surface area contributed by atoms with E-state index in [1.54, 1.807) is 4.90 Å². The molecule has 3 rings (SSSR count). The molecule has 0 radical (unpaired) electrons. The van der Waals surface area contributed by atoms with Crippen LogP contribution >= 0.6 is 0 Å². The summed E-state index contributed by atoms with van der Waals surface area (Å²) >= 11 is 0. The molecule has 1 aromatic carbocycles. The summed E-state index contributed by atoms with van der Waals surface area (Å²) in [5.41, 5.74) is 6.01. The minimum Gasteiger partial charge on any atom is -0.371 e. The van der Waals surface area contributed by atoms with Crippen molar-refractivity contribution in [3.05, 3.63) is 46.8 Å². The Morgan fingerprint density at radius 3 is 2.81 bits per heavy atom. The third-order valence-corrected chi connectivity index (χ3v) is 5.49. The van der Waals surface area contributed by atoms with Gasteiger partial charge in [0.05, 0.1) is 12.2 Å². The number of nitrogens with zero attached hydrogens (tertiary/aromatic N) is 4. The first-order valence-electron chi connectivity index (χ1n) is 9.78. The molecule has 6 nitrogen and oxygen atoms in total. The van der Waals surface area contributed by atoms with E-state index in [0.29, 0.717) is 13.1 Å². The zero-order valence-electron chi connectivity index (χ0n) is 17.0. The van der Waals surface area contributed by atoms with Gasteiger partial charge in [0.2, 0.25) is 0 Å². The Morgan fingerprint density at radius 2 is 2.07 bits per heavy atom. The second-order valence-electron chi connectivity index (χ2n) is 7.43. The number of rotatable bonds is 6. The molecular weight excluding hydrogens is 338 g/mol. The molecule has 1 aliphatic rings. The van der Waals surface area contributed by atoms with E-state index >= 15 is 0 Å². The normalized spacial score (nSPS) is 13.4. The third-order valence-electron chi connectivity index (χ3n) is 5.49. The van der Waals surface area contributed by atoms with Gasteiger partial charge in [0, 0.05) is 50.7 Å². The number of carbonyl (C=O) groups is 1. The molecule has 0 spiro atoms. The average Bonchev–Trinajstić information content (AvgIpc) is 2.91. The molecule has 0 saturated heterocycles. The topological polar surface area (TPSA) is 53.4 Å². The molecule has 6 heteroatoms. The van der Waals surface area contributed by atoms with Crippen LogP contribution in [0.1, 0.15) is 35.4 Å². The van der Waals surface area contributed by atoms with Crippen LogP contribution in [0.5, 0.6) is 0 Å². The van der Waals surface area contributed by atoms with Crippen molar-refractivity contribution in [1.29, 1.82) is 0 Å². The van der Waals surface area contributed by atoms with Crippen LogP contribution in [-0.4, -0.2) is 47.4 Å². The summed E-state index contributed by atoms with van der Waals surface area (Å²) in [5, 5.41) is 7.47. The quantitative estimate of drug-likeness (QED) is 0.797. The Bertz CT molecular complexity index is 798. The van der Waals surface area contributed by atoms with Gasteiger partial charge in [-0.2, -0.15) is 5.10 Å². The second kappa shape index (κ2) is 8.46. The van der Waals surface area contributed by atoms with E-state index in [1.165, 1.54) is 24.1 Å². The standard InChI is InChI=1S/C21H31N5O/c1-16-19(17(2)25(4)23-16)15-24(3)21(27)22-12-8-14-26-13-7-10-18-9-5-6-11-20(18)26/h5-6,9,11H,7-8,10,12-15H2,1-4H3,(H,22,27). The molecule has 0 saturated carbocycles. The van der Waals surface area contributed by atoms with Crippen LogP contribution in [0, 0.1) is 13.8 Å². The van der Waals surface area contributed by atoms with Crippen molar-refractivity contribution in [2.75, 3.05) is 31.6 Å². The van der Waals surface area contributed by atoms with Gasteiger partial charge in [-0.15, -0.1) is 0 Å². The molecule has 27 heavy (non-hydrogen) atoms. The van der Waals surface area contributed by atoms with Crippen molar-refractivity contribution in [2.24, 2.45) is 7.05 Å². The van der Waals surface area contributed by atoms with Crippen LogP contribution < -0.4 is 10.2 Å². The van der Waals surface area contributed by atoms with Gasteiger partial charge in [-0.25, -0.2) is 4.79 Å².